The smallest absolute Gasteiger partial charge is 0.322 e. The van der Waals surface area contributed by atoms with E-state index in [9.17, 15) is 22.4 Å². The van der Waals surface area contributed by atoms with Gasteiger partial charge >= 0.3 is 6.18 Å². The SMILES string of the molecule is Cc1nc(C(F)(F)F)cn1C1CCN(c2cnn(-c3ccc(F)cc3)c2C)C1=O. The van der Waals surface area contributed by atoms with Gasteiger partial charge in [0.25, 0.3) is 0 Å². The Balaban J connectivity index is 1.62. The lowest BCUT2D eigenvalue weighted by molar-refractivity contribution is -0.141. The first-order chi connectivity index (χ1) is 13.7. The number of hydrogen-bond donors (Lipinski definition) is 0. The van der Waals surface area contributed by atoms with Crippen molar-refractivity contribution in [2.45, 2.75) is 32.5 Å². The summed E-state index contributed by atoms with van der Waals surface area (Å²) in [5, 5.41) is 4.28. The number of nitrogens with zero attached hydrogens (tertiary/aromatic N) is 5. The molecule has 1 saturated heterocycles. The third-order valence-electron chi connectivity index (χ3n) is 5.07. The van der Waals surface area contributed by atoms with E-state index in [1.807, 2.05) is 0 Å². The van der Waals surface area contributed by atoms with Gasteiger partial charge in [-0.25, -0.2) is 14.1 Å². The monoisotopic (exact) mass is 407 g/mol. The van der Waals surface area contributed by atoms with E-state index in [2.05, 4.69) is 10.1 Å². The fourth-order valence-corrected chi connectivity index (χ4v) is 3.61. The Labute approximate surface area is 163 Å². The third-order valence-corrected chi connectivity index (χ3v) is 5.07. The molecule has 1 aromatic carbocycles. The number of rotatable bonds is 3. The average Bonchev–Trinajstić information content (AvgIpc) is 3.32. The molecule has 0 N–H and O–H groups in total. The molecule has 6 nitrogen and oxygen atoms in total. The van der Waals surface area contributed by atoms with E-state index in [1.54, 1.807) is 23.7 Å². The highest BCUT2D eigenvalue weighted by molar-refractivity contribution is 5.98. The van der Waals surface area contributed by atoms with Gasteiger partial charge in [0.15, 0.2) is 5.69 Å². The Morgan fingerprint density at radius 1 is 1.14 bits per heavy atom. The zero-order valence-corrected chi connectivity index (χ0v) is 15.6. The zero-order chi connectivity index (χ0) is 20.9. The van der Waals surface area contributed by atoms with Crippen LogP contribution in [-0.4, -0.2) is 31.8 Å². The summed E-state index contributed by atoms with van der Waals surface area (Å²) >= 11 is 0. The Kier molecular flexibility index (Phi) is 4.44. The van der Waals surface area contributed by atoms with Gasteiger partial charge in [-0.2, -0.15) is 18.3 Å². The van der Waals surface area contributed by atoms with E-state index in [0.29, 0.717) is 30.0 Å². The number of carbonyl (C=O) groups excluding carboxylic acids is 1. The van der Waals surface area contributed by atoms with Gasteiger partial charge in [-0.3, -0.25) is 4.79 Å². The summed E-state index contributed by atoms with van der Waals surface area (Å²) in [4.78, 5) is 18.0. The number of carbonyl (C=O) groups is 1. The number of benzene rings is 1. The van der Waals surface area contributed by atoms with Crippen molar-refractivity contribution in [3.63, 3.8) is 0 Å². The van der Waals surface area contributed by atoms with Crippen molar-refractivity contribution in [1.82, 2.24) is 19.3 Å². The number of aromatic nitrogens is 4. The summed E-state index contributed by atoms with van der Waals surface area (Å²) in [7, 11) is 0. The maximum atomic E-state index is 13.2. The molecule has 1 aliphatic rings. The molecule has 0 saturated carbocycles. The molecule has 0 aliphatic carbocycles. The standard InChI is InChI=1S/C19H17F4N5O/c1-11-16(9-24-28(11)14-5-3-13(20)4-6-14)26-8-7-15(18(26)29)27-10-17(19(21,22)23)25-12(27)2/h3-6,9-10,15H,7-8H2,1-2H3. The second kappa shape index (κ2) is 6.71. The molecule has 3 aromatic rings. The van der Waals surface area contributed by atoms with Crippen molar-refractivity contribution in [2.75, 3.05) is 11.4 Å². The number of alkyl halides is 3. The average molecular weight is 407 g/mol. The van der Waals surface area contributed by atoms with Gasteiger partial charge in [-0.1, -0.05) is 0 Å². The summed E-state index contributed by atoms with van der Waals surface area (Å²) in [5.41, 5.74) is 0.861. The molecule has 0 radical (unpaired) electrons. The van der Waals surface area contributed by atoms with E-state index in [0.717, 1.165) is 6.20 Å². The molecule has 1 amide bonds. The molecule has 0 bridgehead atoms. The molecule has 29 heavy (non-hydrogen) atoms. The Hall–Kier alpha value is -3.17. The van der Waals surface area contributed by atoms with E-state index in [1.165, 1.54) is 34.7 Å². The van der Waals surface area contributed by atoms with Gasteiger partial charge in [0, 0.05) is 12.7 Å². The number of hydrogen-bond acceptors (Lipinski definition) is 3. The van der Waals surface area contributed by atoms with Crippen molar-refractivity contribution in [1.29, 1.82) is 0 Å². The van der Waals surface area contributed by atoms with Gasteiger partial charge in [-0.15, -0.1) is 0 Å². The minimum atomic E-state index is -4.57. The maximum absolute atomic E-state index is 13.2. The molecular weight excluding hydrogens is 390 g/mol. The van der Waals surface area contributed by atoms with Crippen LogP contribution in [0.4, 0.5) is 23.2 Å². The number of imidazole rings is 1. The summed E-state index contributed by atoms with van der Waals surface area (Å²) in [6.07, 6.45) is -1.80. The van der Waals surface area contributed by atoms with Crippen molar-refractivity contribution in [3.05, 3.63) is 59.7 Å². The van der Waals surface area contributed by atoms with Crippen molar-refractivity contribution >= 4 is 11.6 Å². The van der Waals surface area contributed by atoms with Crippen LogP contribution in [0.25, 0.3) is 5.69 Å². The fourth-order valence-electron chi connectivity index (χ4n) is 3.61. The highest BCUT2D eigenvalue weighted by atomic mass is 19.4. The lowest BCUT2D eigenvalue weighted by atomic mass is 10.2. The Bertz CT molecular complexity index is 1070. The van der Waals surface area contributed by atoms with Crippen LogP contribution in [0.5, 0.6) is 0 Å². The number of aryl methyl sites for hydroxylation is 1. The van der Waals surface area contributed by atoms with Crippen LogP contribution in [0.3, 0.4) is 0 Å². The predicted molar refractivity (Wildman–Crippen MR) is 96.2 cm³/mol. The second-order valence-electron chi connectivity index (χ2n) is 6.88. The minimum Gasteiger partial charge on any atom is -0.322 e. The molecule has 1 fully saturated rings. The highest BCUT2D eigenvalue weighted by Gasteiger charge is 2.39. The van der Waals surface area contributed by atoms with Gasteiger partial charge in [0.2, 0.25) is 5.91 Å². The fraction of sp³-hybridized carbons (Fsp3) is 0.316. The van der Waals surface area contributed by atoms with Crippen LogP contribution in [0.2, 0.25) is 0 Å². The normalized spacial score (nSPS) is 17.4. The highest BCUT2D eigenvalue weighted by Crippen LogP contribution is 2.34. The van der Waals surface area contributed by atoms with Gasteiger partial charge in [0.1, 0.15) is 17.7 Å². The molecule has 0 spiro atoms. The van der Waals surface area contributed by atoms with Crippen LogP contribution in [0.15, 0.2) is 36.7 Å². The summed E-state index contributed by atoms with van der Waals surface area (Å²) in [6.45, 7) is 3.57. The molecule has 4 rings (SSSR count). The molecule has 2 aromatic heterocycles. The van der Waals surface area contributed by atoms with Gasteiger partial charge in [0.05, 0.1) is 23.3 Å². The molecule has 3 heterocycles. The van der Waals surface area contributed by atoms with Crippen LogP contribution in [0.1, 0.15) is 29.7 Å². The summed E-state index contributed by atoms with van der Waals surface area (Å²) in [6, 6.07) is 5.01. The molecule has 1 unspecified atom stereocenters. The largest absolute Gasteiger partial charge is 0.434 e. The first kappa shape index (κ1) is 19.2. The van der Waals surface area contributed by atoms with Crippen LogP contribution >= 0.6 is 0 Å². The second-order valence-corrected chi connectivity index (χ2v) is 6.88. The molecule has 1 aliphatic heterocycles. The number of anilines is 1. The lowest BCUT2D eigenvalue weighted by Gasteiger charge is -2.17. The van der Waals surface area contributed by atoms with Crippen molar-refractivity contribution in [3.8, 4) is 5.69 Å². The minimum absolute atomic E-state index is 0.135. The molecule has 1 atom stereocenters. The van der Waals surface area contributed by atoms with E-state index < -0.39 is 17.9 Å². The van der Waals surface area contributed by atoms with Crippen LogP contribution in [0, 0.1) is 19.7 Å². The Morgan fingerprint density at radius 2 is 1.83 bits per heavy atom. The van der Waals surface area contributed by atoms with Gasteiger partial charge in [-0.05, 0) is 44.5 Å². The topological polar surface area (TPSA) is 56.0 Å². The lowest BCUT2D eigenvalue weighted by Crippen LogP contribution is -2.28. The van der Waals surface area contributed by atoms with Crippen LogP contribution in [-0.2, 0) is 11.0 Å². The Morgan fingerprint density at radius 3 is 2.45 bits per heavy atom. The van der Waals surface area contributed by atoms with E-state index >= 15 is 0 Å². The number of halogens is 4. The summed E-state index contributed by atoms with van der Waals surface area (Å²) in [5.74, 6) is -0.553. The first-order valence-corrected chi connectivity index (χ1v) is 8.91. The van der Waals surface area contributed by atoms with Crippen LogP contribution < -0.4 is 4.90 Å². The van der Waals surface area contributed by atoms with E-state index in [-0.39, 0.29) is 17.5 Å². The number of amides is 1. The van der Waals surface area contributed by atoms with E-state index in [4.69, 9.17) is 0 Å². The first-order valence-electron chi connectivity index (χ1n) is 8.91. The van der Waals surface area contributed by atoms with Gasteiger partial charge < -0.3 is 9.47 Å². The quantitative estimate of drug-likeness (QED) is 0.621. The predicted octanol–water partition coefficient (Wildman–Crippen LogP) is 3.82. The zero-order valence-electron chi connectivity index (χ0n) is 15.6. The van der Waals surface area contributed by atoms with Crippen molar-refractivity contribution in [2.24, 2.45) is 0 Å². The molecular formula is C19H17F4N5O. The maximum Gasteiger partial charge on any atom is 0.434 e. The van der Waals surface area contributed by atoms with Crippen molar-refractivity contribution < 1.29 is 22.4 Å². The molecule has 10 heteroatoms. The third kappa shape index (κ3) is 3.28. The summed E-state index contributed by atoms with van der Waals surface area (Å²) < 4.78 is 54.9. The molecule has 152 valence electrons.